The zero-order valence-corrected chi connectivity index (χ0v) is 14.1. The molecule has 0 N–H and O–H groups in total. The van der Waals surface area contributed by atoms with Gasteiger partial charge in [0.2, 0.25) is 0 Å². The highest BCUT2D eigenvalue weighted by molar-refractivity contribution is 5.96. The molecule has 1 fully saturated rings. The van der Waals surface area contributed by atoms with Crippen LogP contribution in [0.15, 0.2) is 24.3 Å². The van der Waals surface area contributed by atoms with Crippen molar-refractivity contribution in [2.45, 2.75) is 0 Å². The van der Waals surface area contributed by atoms with Gasteiger partial charge in [0.05, 0.1) is 11.1 Å². The molecular formula is C18H12F6N2O2. The number of hydrogen-bond donors (Lipinski definition) is 0. The SMILES string of the molecule is O=C(c1ccc(F)c(F)c1F)N1CCN(C(=O)c2ccc(F)c(F)c2F)CC1. The molecule has 10 heteroatoms. The minimum absolute atomic E-state index is 0.103. The molecule has 1 aliphatic heterocycles. The Morgan fingerprint density at radius 1 is 0.571 bits per heavy atom. The number of rotatable bonds is 2. The monoisotopic (exact) mass is 402 g/mol. The maximum Gasteiger partial charge on any atom is 0.257 e. The van der Waals surface area contributed by atoms with Crippen molar-refractivity contribution < 1.29 is 35.9 Å². The van der Waals surface area contributed by atoms with Crippen molar-refractivity contribution in [2.75, 3.05) is 26.2 Å². The molecule has 3 rings (SSSR count). The highest BCUT2D eigenvalue weighted by Crippen LogP contribution is 2.20. The molecule has 0 radical (unpaired) electrons. The van der Waals surface area contributed by atoms with Gasteiger partial charge in [-0.3, -0.25) is 9.59 Å². The predicted molar refractivity (Wildman–Crippen MR) is 84.4 cm³/mol. The van der Waals surface area contributed by atoms with E-state index in [0.29, 0.717) is 12.1 Å². The summed E-state index contributed by atoms with van der Waals surface area (Å²) >= 11 is 0. The topological polar surface area (TPSA) is 40.6 Å². The summed E-state index contributed by atoms with van der Waals surface area (Å²) in [6.45, 7) is -0.411. The molecule has 0 saturated carbocycles. The number of benzene rings is 2. The fourth-order valence-electron chi connectivity index (χ4n) is 2.84. The number of nitrogens with zero attached hydrogens (tertiary/aromatic N) is 2. The Bertz CT molecular complexity index is 880. The van der Waals surface area contributed by atoms with Gasteiger partial charge in [-0.2, -0.15) is 0 Å². The van der Waals surface area contributed by atoms with E-state index in [2.05, 4.69) is 0 Å². The summed E-state index contributed by atoms with van der Waals surface area (Å²) in [6.07, 6.45) is 0. The molecule has 2 aromatic rings. The smallest absolute Gasteiger partial charge is 0.257 e. The quantitative estimate of drug-likeness (QED) is 0.572. The highest BCUT2D eigenvalue weighted by atomic mass is 19.2. The van der Waals surface area contributed by atoms with Gasteiger partial charge in [0.25, 0.3) is 11.8 Å². The fraction of sp³-hybridized carbons (Fsp3) is 0.222. The van der Waals surface area contributed by atoms with E-state index in [1.54, 1.807) is 0 Å². The van der Waals surface area contributed by atoms with Crippen molar-refractivity contribution in [1.29, 1.82) is 0 Å². The molecule has 0 bridgehead atoms. The second-order valence-corrected chi connectivity index (χ2v) is 6.03. The first-order valence-electron chi connectivity index (χ1n) is 8.08. The van der Waals surface area contributed by atoms with Gasteiger partial charge in [-0.15, -0.1) is 0 Å². The molecule has 2 amide bonds. The summed E-state index contributed by atoms with van der Waals surface area (Å²) in [7, 11) is 0. The molecule has 0 atom stereocenters. The van der Waals surface area contributed by atoms with Crippen LogP contribution in [-0.2, 0) is 0 Å². The Kier molecular flexibility index (Phi) is 5.30. The zero-order valence-electron chi connectivity index (χ0n) is 14.1. The van der Waals surface area contributed by atoms with Crippen LogP contribution in [0.4, 0.5) is 26.3 Å². The maximum absolute atomic E-state index is 13.8. The first-order valence-corrected chi connectivity index (χ1v) is 8.08. The first-order chi connectivity index (χ1) is 13.2. The fourth-order valence-corrected chi connectivity index (χ4v) is 2.84. The lowest BCUT2D eigenvalue weighted by molar-refractivity contribution is 0.0528. The number of carbonyl (C=O) groups is 2. The predicted octanol–water partition coefficient (Wildman–Crippen LogP) is 3.12. The van der Waals surface area contributed by atoms with Crippen molar-refractivity contribution in [2.24, 2.45) is 0 Å². The van der Waals surface area contributed by atoms with Crippen LogP contribution < -0.4 is 0 Å². The van der Waals surface area contributed by atoms with Gasteiger partial charge in [-0.05, 0) is 24.3 Å². The average molecular weight is 402 g/mol. The number of halogens is 6. The third-order valence-corrected chi connectivity index (χ3v) is 4.39. The van der Waals surface area contributed by atoms with Gasteiger partial charge in [-0.25, -0.2) is 26.3 Å². The van der Waals surface area contributed by atoms with E-state index >= 15 is 0 Å². The van der Waals surface area contributed by atoms with Crippen molar-refractivity contribution in [3.05, 3.63) is 70.3 Å². The van der Waals surface area contributed by atoms with E-state index in [1.165, 1.54) is 0 Å². The molecule has 1 saturated heterocycles. The zero-order chi connectivity index (χ0) is 20.6. The summed E-state index contributed by atoms with van der Waals surface area (Å²) in [5.74, 6) is -11.4. The molecule has 0 unspecified atom stereocenters. The Balaban J connectivity index is 1.71. The van der Waals surface area contributed by atoms with E-state index in [1.807, 2.05) is 0 Å². The van der Waals surface area contributed by atoms with Crippen LogP contribution in [-0.4, -0.2) is 47.8 Å². The van der Waals surface area contributed by atoms with Crippen LogP contribution >= 0.6 is 0 Å². The Labute approximate surface area is 155 Å². The molecule has 28 heavy (non-hydrogen) atoms. The van der Waals surface area contributed by atoms with E-state index in [9.17, 15) is 35.9 Å². The standard InChI is InChI=1S/C18H12F6N2O2/c19-11-3-1-9(13(21)15(11)23)17(27)25-5-7-26(8-6-25)18(28)10-2-4-12(20)16(24)14(10)22/h1-4H,5-8H2. The minimum atomic E-state index is -1.77. The maximum atomic E-state index is 13.8. The van der Waals surface area contributed by atoms with Crippen LogP contribution in [0.3, 0.4) is 0 Å². The van der Waals surface area contributed by atoms with Crippen LogP contribution in [0.25, 0.3) is 0 Å². The van der Waals surface area contributed by atoms with E-state index in [0.717, 1.165) is 21.9 Å². The normalized spacial score (nSPS) is 14.4. The Morgan fingerprint density at radius 3 is 1.21 bits per heavy atom. The molecule has 0 aromatic heterocycles. The van der Waals surface area contributed by atoms with Crippen LogP contribution in [0.1, 0.15) is 20.7 Å². The molecule has 0 aliphatic carbocycles. The average Bonchev–Trinajstić information content (AvgIpc) is 2.70. The second kappa shape index (κ2) is 7.53. The molecule has 148 valence electrons. The lowest BCUT2D eigenvalue weighted by Crippen LogP contribution is -2.51. The summed E-state index contributed by atoms with van der Waals surface area (Å²) < 4.78 is 80.1. The van der Waals surface area contributed by atoms with Gasteiger partial charge in [0.15, 0.2) is 34.9 Å². The summed E-state index contributed by atoms with van der Waals surface area (Å²) in [6, 6.07) is 2.86. The molecule has 2 aromatic carbocycles. The van der Waals surface area contributed by atoms with Gasteiger partial charge < -0.3 is 9.80 Å². The molecule has 4 nitrogen and oxygen atoms in total. The van der Waals surface area contributed by atoms with Gasteiger partial charge >= 0.3 is 0 Å². The van der Waals surface area contributed by atoms with Crippen LogP contribution in [0, 0.1) is 34.9 Å². The van der Waals surface area contributed by atoms with Crippen LogP contribution in [0.2, 0.25) is 0 Å². The van der Waals surface area contributed by atoms with E-state index < -0.39 is 57.8 Å². The van der Waals surface area contributed by atoms with E-state index in [4.69, 9.17) is 0 Å². The molecule has 1 aliphatic rings. The first kappa shape index (κ1) is 19.7. The van der Waals surface area contributed by atoms with Gasteiger partial charge in [0, 0.05) is 26.2 Å². The number of piperazine rings is 1. The van der Waals surface area contributed by atoms with Crippen LogP contribution in [0.5, 0.6) is 0 Å². The summed E-state index contributed by atoms with van der Waals surface area (Å²) in [5, 5.41) is 0. The summed E-state index contributed by atoms with van der Waals surface area (Å²) in [5.41, 5.74) is -1.32. The third kappa shape index (κ3) is 3.41. The summed E-state index contributed by atoms with van der Waals surface area (Å²) in [4.78, 5) is 26.8. The molecular weight excluding hydrogens is 390 g/mol. The second-order valence-electron chi connectivity index (χ2n) is 6.03. The van der Waals surface area contributed by atoms with Gasteiger partial charge in [-0.1, -0.05) is 0 Å². The van der Waals surface area contributed by atoms with Crippen molar-refractivity contribution >= 4 is 11.8 Å². The minimum Gasteiger partial charge on any atom is -0.335 e. The lowest BCUT2D eigenvalue weighted by Gasteiger charge is -2.35. The largest absolute Gasteiger partial charge is 0.335 e. The number of amides is 2. The van der Waals surface area contributed by atoms with Crippen molar-refractivity contribution in [3.8, 4) is 0 Å². The third-order valence-electron chi connectivity index (χ3n) is 4.39. The molecule has 0 spiro atoms. The van der Waals surface area contributed by atoms with Crippen molar-refractivity contribution in [3.63, 3.8) is 0 Å². The van der Waals surface area contributed by atoms with Crippen molar-refractivity contribution in [1.82, 2.24) is 9.80 Å². The van der Waals surface area contributed by atoms with E-state index in [-0.39, 0.29) is 26.2 Å². The molecule has 1 heterocycles. The lowest BCUT2D eigenvalue weighted by atomic mass is 10.1. The van der Waals surface area contributed by atoms with Gasteiger partial charge in [0.1, 0.15) is 0 Å². The Hall–Kier alpha value is -3.04. The Morgan fingerprint density at radius 2 is 0.893 bits per heavy atom. The highest BCUT2D eigenvalue weighted by Gasteiger charge is 2.30. The number of carbonyl (C=O) groups excluding carboxylic acids is 2. The number of hydrogen-bond acceptors (Lipinski definition) is 2.